The zero-order valence-corrected chi connectivity index (χ0v) is 17.1. The number of aryl methyl sites for hydroxylation is 1. The summed E-state index contributed by atoms with van der Waals surface area (Å²) in [6.45, 7) is 0.295. The number of nitrogens with one attached hydrogen (secondary N) is 1. The van der Waals surface area contributed by atoms with Crippen molar-refractivity contribution in [3.8, 4) is 0 Å². The maximum atomic E-state index is 13.2. The van der Waals surface area contributed by atoms with Crippen LogP contribution in [0.15, 0.2) is 46.6 Å². The van der Waals surface area contributed by atoms with Gasteiger partial charge in [-0.25, -0.2) is 9.67 Å². The Labute approximate surface area is 174 Å². The SMILES string of the molecule is Cn1c2nc(Cc3ccn[nH]3)sc2c2cnn(CC3=CCCC(C(N)=O)=C3)c(=O)c21. The third-order valence-electron chi connectivity index (χ3n) is 5.30. The predicted octanol–water partition coefficient (Wildman–Crippen LogP) is 1.79. The summed E-state index contributed by atoms with van der Waals surface area (Å²) < 4.78 is 4.20. The number of allylic oxidation sites excluding steroid dienone is 3. The maximum Gasteiger partial charge on any atom is 0.291 e. The lowest BCUT2D eigenvalue weighted by Crippen LogP contribution is -2.25. The van der Waals surface area contributed by atoms with Crippen LogP contribution in [-0.4, -0.2) is 35.4 Å². The molecule has 3 N–H and O–H groups in total. The van der Waals surface area contributed by atoms with Crippen molar-refractivity contribution in [2.45, 2.75) is 25.8 Å². The third-order valence-corrected chi connectivity index (χ3v) is 6.38. The van der Waals surface area contributed by atoms with Gasteiger partial charge in [0.25, 0.3) is 5.56 Å². The molecule has 0 aromatic carbocycles. The molecule has 30 heavy (non-hydrogen) atoms. The number of aromatic nitrogens is 6. The molecule has 1 amide bonds. The topological polar surface area (TPSA) is 124 Å². The smallest absolute Gasteiger partial charge is 0.291 e. The van der Waals surface area contributed by atoms with Crippen LogP contribution in [0, 0.1) is 0 Å². The van der Waals surface area contributed by atoms with Gasteiger partial charge in [0, 0.05) is 36.3 Å². The lowest BCUT2D eigenvalue weighted by atomic mass is 9.99. The zero-order valence-electron chi connectivity index (χ0n) is 16.3. The van der Waals surface area contributed by atoms with Gasteiger partial charge in [0.05, 0.1) is 17.4 Å². The first-order valence-corrected chi connectivity index (χ1v) is 10.3. The maximum absolute atomic E-state index is 13.2. The van der Waals surface area contributed by atoms with Crippen molar-refractivity contribution in [2.24, 2.45) is 12.8 Å². The highest BCUT2D eigenvalue weighted by molar-refractivity contribution is 7.19. The predicted molar refractivity (Wildman–Crippen MR) is 114 cm³/mol. The molecule has 0 saturated heterocycles. The van der Waals surface area contributed by atoms with Crippen LogP contribution in [0.25, 0.3) is 21.3 Å². The van der Waals surface area contributed by atoms with E-state index in [1.54, 1.807) is 29.8 Å². The Bertz CT molecular complexity index is 1400. The number of carbonyl (C=O) groups is 1. The summed E-state index contributed by atoms with van der Waals surface area (Å²) in [6.07, 6.45) is 9.22. The molecule has 5 rings (SSSR count). The third kappa shape index (κ3) is 3.05. The summed E-state index contributed by atoms with van der Waals surface area (Å²) in [7, 11) is 1.85. The second kappa shape index (κ2) is 7.06. The van der Waals surface area contributed by atoms with Gasteiger partial charge in [-0.15, -0.1) is 11.3 Å². The molecule has 0 bridgehead atoms. The Morgan fingerprint density at radius 3 is 3.03 bits per heavy atom. The Morgan fingerprint density at radius 1 is 1.40 bits per heavy atom. The van der Waals surface area contributed by atoms with Crippen LogP contribution in [0.1, 0.15) is 23.5 Å². The van der Waals surface area contributed by atoms with E-state index in [1.807, 2.05) is 23.8 Å². The molecule has 4 heterocycles. The van der Waals surface area contributed by atoms with Crippen molar-refractivity contribution >= 4 is 38.5 Å². The highest BCUT2D eigenvalue weighted by atomic mass is 32.1. The van der Waals surface area contributed by atoms with Gasteiger partial charge in [-0.1, -0.05) is 6.08 Å². The lowest BCUT2D eigenvalue weighted by molar-refractivity contribution is -0.114. The number of amides is 1. The highest BCUT2D eigenvalue weighted by Gasteiger charge is 2.19. The molecule has 1 aliphatic rings. The second-order valence-electron chi connectivity index (χ2n) is 7.30. The Hall–Kier alpha value is -3.53. The number of nitrogens with two attached hydrogens (primary N) is 1. The summed E-state index contributed by atoms with van der Waals surface area (Å²) in [5.74, 6) is -0.420. The van der Waals surface area contributed by atoms with E-state index < -0.39 is 5.91 Å². The fraction of sp³-hybridized carbons (Fsp3) is 0.250. The molecule has 4 aromatic heterocycles. The monoisotopic (exact) mass is 421 g/mol. The zero-order chi connectivity index (χ0) is 20.8. The van der Waals surface area contributed by atoms with Crippen LogP contribution in [0.4, 0.5) is 0 Å². The Morgan fingerprint density at radius 2 is 2.27 bits per heavy atom. The number of hydrogen-bond donors (Lipinski definition) is 2. The first-order chi connectivity index (χ1) is 14.5. The summed E-state index contributed by atoms with van der Waals surface area (Å²) in [6, 6.07) is 1.92. The quantitative estimate of drug-likeness (QED) is 0.508. The van der Waals surface area contributed by atoms with Crippen LogP contribution in [0.3, 0.4) is 0 Å². The van der Waals surface area contributed by atoms with Gasteiger partial charge >= 0.3 is 0 Å². The summed E-state index contributed by atoms with van der Waals surface area (Å²) in [5.41, 5.74) is 8.99. The molecule has 0 fully saturated rings. The van der Waals surface area contributed by atoms with Gasteiger partial charge < -0.3 is 10.3 Å². The van der Waals surface area contributed by atoms with Crippen LogP contribution in [0.5, 0.6) is 0 Å². The molecule has 0 aliphatic heterocycles. The number of nitrogens with zero attached hydrogens (tertiary/aromatic N) is 5. The van der Waals surface area contributed by atoms with E-state index in [-0.39, 0.29) is 5.56 Å². The van der Waals surface area contributed by atoms with Gasteiger partial charge in [-0.05, 0) is 30.6 Å². The fourth-order valence-electron chi connectivity index (χ4n) is 3.81. The standard InChI is InChI=1S/C20H19N7O2S/c1-26-16-14(17-19(26)24-15(30-17)8-13-5-6-22-25-13)9-23-27(20(16)29)10-11-3-2-4-12(7-11)18(21)28/h3,5-7,9H,2,4,8,10H2,1H3,(H2,21,28)(H,22,25). The molecule has 0 saturated carbocycles. The van der Waals surface area contributed by atoms with Gasteiger partial charge in [0.15, 0.2) is 5.65 Å². The number of H-pyrrole nitrogens is 1. The van der Waals surface area contributed by atoms with Crippen molar-refractivity contribution in [1.82, 2.24) is 29.5 Å². The molecule has 10 heteroatoms. The average Bonchev–Trinajstić information content (AvgIpc) is 3.44. The summed E-state index contributed by atoms with van der Waals surface area (Å²) >= 11 is 1.56. The minimum atomic E-state index is -0.420. The molecular weight excluding hydrogens is 402 g/mol. The van der Waals surface area contributed by atoms with Crippen molar-refractivity contribution in [3.63, 3.8) is 0 Å². The van der Waals surface area contributed by atoms with E-state index >= 15 is 0 Å². The molecule has 152 valence electrons. The second-order valence-corrected chi connectivity index (χ2v) is 8.38. The lowest BCUT2D eigenvalue weighted by Gasteiger charge is -2.12. The number of rotatable bonds is 5. The number of hydrogen-bond acceptors (Lipinski definition) is 6. The van der Waals surface area contributed by atoms with E-state index in [2.05, 4.69) is 15.3 Å². The molecule has 1 aliphatic carbocycles. The number of thiazole rings is 1. The number of carbonyl (C=O) groups excluding carboxylic acids is 1. The van der Waals surface area contributed by atoms with Crippen LogP contribution >= 0.6 is 11.3 Å². The van der Waals surface area contributed by atoms with E-state index in [0.717, 1.165) is 38.4 Å². The van der Waals surface area contributed by atoms with E-state index in [9.17, 15) is 9.59 Å². The molecule has 0 spiro atoms. The fourth-order valence-corrected chi connectivity index (χ4v) is 4.94. The van der Waals surface area contributed by atoms with Gasteiger partial charge in [-0.2, -0.15) is 10.2 Å². The molecule has 0 radical (unpaired) electrons. The van der Waals surface area contributed by atoms with Crippen molar-refractivity contribution in [1.29, 1.82) is 0 Å². The molecular formula is C20H19N7O2S. The molecule has 4 aromatic rings. The first-order valence-electron chi connectivity index (χ1n) is 9.53. The molecule has 0 unspecified atom stereocenters. The minimum absolute atomic E-state index is 0.184. The van der Waals surface area contributed by atoms with E-state index in [1.165, 1.54) is 4.68 Å². The summed E-state index contributed by atoms with van der Waals surface area (Å²) in [4.78, 5) is 29.3. The van der Waals surface area contributed by atoms with Crippen LogP contribution in [-0.2, 0) is 24.8 Å². The molecule has 9 nitrogen and oxygen atoms in total. The van der Waals surface area contributed by atoms with E-state index in [0.29, 0.717) is 30.5 Å². The largest absolute Gasteiger partial charge is 0.366 e. The van der Waals surface area contributed by atoms with Gasteiger partial charge in [0.2, 0.25) is 5.91 Å². The normalized spacial score (nSPS) is 14.3. The van der Waals surface area contributed by atoms with Crippen LogP contribution < -0.4 is 11.3 Å². The first kappa shape index (κ1) is 18.5. The summed E-state index contributed by atoms with van der Waals surface area (Å²) in [5, 5.41) is 13.0. The van der Waals surface area contributed by atoms with Crippen molar-refractivity contribution in [2.75, 3.05) is 0 Å². The minimum Gasteiger partial charge on any atom is -0.366 e. The van der Waals surface area contributed by atoms with E-state index in [4.69, 9.17) is 10.7 Å². The highest BCUT2D eigenvalue weighted by Crippen LogP contribution is 2.31. The molecule has 0 atom stereocenters. The van der Waals surface area contributed by atoms with Crippen molar-refractivity contribution in [3.05, 3.63) is 62.8 Å². The van der Waals surface area contributed by atoms with Crippen molar-refractivity contribution < 1.29 is 4.79 Å². The number of fused-ring (bicyclic) bond motifs is 3. The Balaban J connectivity index is 1.53. The van der Waals surface area contributed by atoms with Gasteiger partial charge in [0.1, 0.15) is 10.5 Å². The Kier molecular flexibility index (Phi) is 4.35. The number of primary amides is 1. The van der Waals surface area contributed by atoms with Gasteiger partial charge in [-0.3, -0.25) is 14.7 Å². The number of aromatic amines is 1. The average molecular weight is 421 g/mol. The van der Waals surface area contributed by atoms with Crippen LogP contribution in [0.2, 0.25) is 0 Å².